The maximum absolute atomic E-state index is 3.17. The average Bonchev–Trinajstić information content (AvgIpc) is 2.26. The van der Waals surface area contributed by atoms with Crippen molar-refractivity contribution < 1.29 is 0 Å². The number of rotatable bonds is 12. The molecule has 3 nitrogen and oxygen atoms in total. The first-order valence-corrected chi connectivity index (χ1v) is 8.82. The molecule has 0 saturated carbocycles. The van der Waals surface area contributed by atoms with Crippen molar-refractivity contribution >= 4 is 48.2 Å². The van der Waals surface area contributed by atoms with Gasteiger partial charge in [-0.05, 0) is 12.8 Å². The summed E-state index contributed by atoms with van der Waals surface area (Å²) < 4.78 is 9.46. The minimum Gasteiger partial charge on any atom is -0.194 e. The van der Waals surface area contributed by atoms with Crippen molar-refractivity contribution in [3.63, 3.8) is 0 Å². The second-order valence-electron chi connectivity index (χ2n) is 2.86. The van der Waals surface area contributed by atoms with Gasteiger partial charge in [0.05, 0.1) is 0 Å². The van der Waals surface area contributed by atoms with Gasteiger partial charge in [-0.1, -0.05) is 50.6 Å². The lowest BCUT2D eigenvalue weighted by Crippen LogP contribution is -2.06. The third kappa shape index (κ3) is 15.3. The molecule has 0 aliphatic heterocycles. The molecule has 3 N–H and O–H groups in total. The molecule has 0 heterocycles. The predicted molar refractivity (Wildman–Crippen MR) is 79.3 cm³/mol. The molecule has 0 aromatic rings. The standard InChI is InChI=1S/C8H21N3S4/c1-3-5-7-12-9-14-11-15-10-13-8-6-4-2/h9-11H,3-8H2,1-2H3. The quantitative estimate of drug-likeness (QED) is 0.372. The van der Waals surface area contributed by atoms with E-state index in [1.165, 1.54) is 61.5 Å². The molecular weight excluding hydrogens is 266 g/mol. The van der Waals surface area contributed by atoms with Crippen LogP contribution in [0.15, 0.2) is 0 Å². The Labute approximate surface area is 111 Å². The van der Waals surface area contributed by atoms with Crippen molar-refractivity contribution in [2.75, 3.05) is 11.5 Å². The zero-order valence-electron chi connectivity index (χ0n) is 9.38. The van der Waals surface area contributed by atoms with Gasteiger partial charge in [0.2, 0.25) is 0 Å². The first-order valence-electron chi connectivity index (χ1n) is 5.22. The van der Waals surface area contributed by atoms with Gasteiger partial charge in [-0.2, -0.15) is 12.4 Å². The summed E-state index contributed by atoms with van der Waals surface area (Å²) in [5, 5.41) is 0. The molecule has 0 spiro atoms. The van der Waals surface area contributed by atoms with E-state index in [1.807, 2.05) is 0 Å². The third-order valence-electron chi connectivity index (χ3n) is 1.48. The molecule has 0 bridgehead atoms. The molecule has 7 heteroatoms. The Bertz CT molecular complexity index is 106. The highest BCUT2D eigenvalue weighted by molar-refractivity contribution is 8.20. The molecule has 15 heavy (non-hydrogen) atoms. The molecule has 0 amide bonds. The van der Waals surface area contributed by atoms with Gasteiger partial charge in [-0.25, -0.2) is 0 Å². The van der Waals surface area contributed by atoms with Crippen molar-refractivity contribution in [2.24, 2.45) is 0 Å². The van der Waals surface area contributed by atoms with Crippen LogP contribution in [0, 0.1) is 0 Å². The summed E-state index contributed by atoms with van der Waals surface area (Å²) in [5.74, 6) is 2.35. The Kier molecular flexibility index (Phi) is 16.6. The monoisotopic (exact) mass is 287 g/mol. The van der Waals surface area contributed by atoms with E-state index in [4.69, 9.17) is 0 Å². The summed E-state index contributed by atoms with van der Waals surface area (Å²) in [6.45, 7) is 4.42. The minimum atomic E-state index is 1.18. The highest BCUT2D eigenvalue weighted by Crippen LogP contribution is 2.08. The van der Waals surface area contributed by atoms with Gasteiger partial charge in [0.1, 0.15) is 0 Å². The van der Waals surface area contributed by atoms with Crippen LogP contribution in [-0.4, -0.2) is 11.5 Å². The van der Waals surface area contributed by atoms with Crippen LogP contribution >= 0.6 is 48.2 Å². The van der Waals surface area contributed by atoms with Crippen molar-refractivity contribution in [1.82, 2.24) is 12.4 Å². The van der Waals surface area contributed by atoms with E-state index in [0.717, 1.165) is 0 Å². The lowest BCUT2D eigenvalue weighted by molar-refractivity contribution is 0.896. The van der Waals surface area contributed by atoms with Crippen molar-refractivity contribution in [3.05, 3.63) is 0 Å². The van der Waals surface area contributed by atoms with E-state index < -0.39 is 0 Å². The number of hydrogen-bond donors (Lipinski definition) is 3. The summed E-state index contributed by atoms with van der Waals surface area (Å²) >= 11 is 6.54. The molecule has 0 radical (unpaired) electrons. The lowest BCUT2D eigenvalue weighted by atomic mass is 10.4. The average molecular weight is 288 g/mol. The maximum atomic E-state index is 3.17. The van der Waals surface area contributed by atoms with E-state index >= 15 is 0 Å². The molecule has 0 aliphatic rings. The topological polar surface area (TPSA) is 36.1 Å². The van der Waals surface area contributed by atoms with Gasteiger partial charge in [0.15, 0.2) is 0 Å². The smallest absolute Gasteiger partial charge is 0.0260 e. The minimum absolute atomic E-state index is 1.18. The van der Waals surface area contributed by atoms with Gasteiger partial charge in [-0.15, -0.1) is 0 Å². The summed E-state index contributed by atoms with van der Waals surface area (Å²) in [4.78, 5) is 0. The highest BCUT2D eigenvalue weighted by atomic mass is 32.3. The Balaban J connectivity index is 2.81. The molecular formula is C8H21N3S4. The Morgan fingerprint density at radius 3 is 1.60 bits per heavy atom. The molecule has 0 atom stereocenters. The van der Waals surface area contributed by atoms with Crippen LogP contribution < -0.4 is 12.4 Å². The van der Waals surface area contributed by atoms with Crippen molar-refractivity contribution in [2.45, 2.75) is 39.5 Å². The molecule has 0 aliphatic carbocycles. The molecule has 0 fully saturated rings. The number of unbranched alkanes of at least 4 members (excludes halogenated alkanes) is 2. The first-order chi connectivity index (χ1) is 7.41. The zero-order valence-corrected chi connectivity index (χ0v) is 12.6. The highest BCUT2D eigenvalue weighted by Gasteiger charge is 1.90. The SMILES string of the molecule is CCCCSNSNSNSCCCC. The van der Waals surface area contributed by atoms with E-state index in [-0.39, 0.29) is 0 Å². The van der Waals surface area contributed by atoms with Crippen molar-refractivity contribution in [3.8, 4) is 0 Å². The summed E-state index contributed by atoms with van der Waals surface area (Å²) in [5.41, 5.74) is 0. The number of nitrogens with one attached hydrogen (secondary N) is 3. The fraction of sp³-hybridized carbons (Fsp3) is 1.00. The largest absolute Gasteiger partial charge is 0.194 e. The second kappa shape index (κ2) is 15.3. The van der Waals surface area contributed by atoms with Crippen LogP contribution in [0.25, 0.3) is 0 Å². The van der Waals surface area contributed by atoms with Gasteiger partial charge in [0.25, 0.3) is 0 Å². The third-order valence-corrected chi connectivity index (χ3v) is 4.75. The van der Waals surface area contributed by atoms with Gasteiger partial charge in [0, 0.05) is 35.8 Å². The Morgan fingerprint density at radius 2 is 1.20 bits per heavy atom. The fourth-order valence-corrected chi connectivity index (χ4v) is 3.69. The van der Waals surface area contributed by atoms with E-state index in [2.05, 4.69) is 26.2 Å². The molecule has 0 unspecified atom stereocenters. The molecule has 0 saturated heterocycles. The van der Waals surface area contributed by atoms with Crippen LogP contribution in [0.5, 0.6) is 0 Å². The Morgan fingerprint density at radius 1 is 0.733 bits per heavy atom. The van der Waals surface area contributed by atoms with Gasteiger partial charge < -0.3 is 0 Å². The molecule has 0 aromatic carbocycles. The molecule has 0 rings (SSSR count). The van der Waals surface area contributed by atoms with Crippen LogP contribution in [0.2, 0.25) is 0 Å². The normalized spacial score (nSPS) is 10.8. The molecule has 0 aromatic heterocycles. The van der Waals surface area contributed by atoms with Gasteiger partial charge in [-0.3, -0.25) is 0 Å². The van der Waals surface area contributed by atoms with E-state index in [1.54, 1.807) is 23.9 Å². The fourth-order valence-electron chi connectivity index (χ4n) is 0.630. The van der Waals surface area contributed by atoms with Crippen LogP contribution in [0.4, 0.5) is 0 Å². The summed E-state index contributed by atoms with van der Waals surface area (Å²) in [6, 6.07) is 0. The van der Waals surface area contributed by atoms with E-state index in [0.29, 0.717) is 0 Å². The second-order valence-corrected chi connectivity index (χ2v) is 6.66. The van der Waals surface area contributed by atoms with Gasteiger partial charge >= 0.3 is 0 Å². The Hall–Kier alpha value is 1.28. The first kappa shape index (κ1) is 16.3. The summed E-state index contributed by atoms with van der Waals surface area (Å²) in [6.07, 6.45) is 5.07. The van der Waals surface area contributed by atoms with E-state index in [9.17, 15) is 0 Å². The van der Waals surface area contributed by atoms with Crippen LogP contribution in [-0.2, 0) is 0 Å². The lowest BCUT2D eigenvalue weighted by Gasteiger charge is -2.04. The van der Waals surface area contributed by atoms with Crippen molar-refractivity contribution in [1.29, 1.82) is 0 Å². The summed E-state index contributed by atoms with van der Waals surface area (Å²) in [7, 11) is 0. The maximum Gasteiger partial charge on any atom is 0.0260 e. The van der Waals surface area contributed by atoms with Crippen LogP contribution in [0.3, 0.4) is 0 Å². The number of hydrogen-bond acceptors (Lipinski definition) is 7. The predicted octanol–water partition coefficient (Wildman–Crippen LogP) is 3.78. The zero-order chi connectivity index (χ0) is 11.2. The van der Waals surface area contributed by atoms with Crippen LogP contribution in [0.1, 0.15) is 39.5 Å². The molecule has 92 valence electrons.